The Bertz CT molecular complexity index is 1070. The summed E-state index contributed by atoms with van der Waals surface area (Å²) in [4.78, 5) is 27.8. The van der Waals surface area contributed by atoms with Gasteiger partial charge in [-0.3, -0.25) is 4.79 Å². The van der Waals surface area contributed by atoms with Crippen LogP contribution in [-0.4, -0.2) is 34.2 Å². The Morgan fingerprint density at radius 3 is 2.18 bits per heavy atom. The van der Waals surface area contributed by atoms with E-state index in [2.05, 4.69) is 10.3 Å². The van der Waals surface area contributed by atoms with Crippen molar-refractivity contribution in [2.24, 2.45) is 0 Å². The van der Waals surface area contributed by atoms with Crippen LogP contribution in [0, 0.1) is 0 Å². The number of nitrogens with one attached hydrogen (secondary N) is 1. The molecule has 0 aliphatic heterocycles. The summed E-state index contributed by atoms with van der Waals surface area (Å²) >= 11 is 0. The molecule has 0 radical (unpaired) electrons. The van der Waals surface area contributed by atoms with Gasteiger partial charge in [-0.15, -0.1) is 0 Å². The van der Waals surface area contributed by atoms with E-state index in [1.165, 1.54) is 18.3 Å². The van der Waals surface area contributed by atoms with Crippen molar-refractivity contribution in [1.29, 1.82) is 0 Å². The minimum absolute atomic E-state index is 0. The predicted molar refractivity (Wildman–Crippen MR) is 128 cm³/mol. The number of amides is 1. The molecule has 3 rings (SSSR count). The maximum Gasteiger partial charge on any atom is 0.337 e. The minimum Gasteiger partial charge on any atom is -0.491 e. The fourth-order valence-electron chi connectivity index (χ4n) is 3.11. The van der Waals surface area contributed by atoms with E-state index in [1.807, 2.05) is 51.1 Å². The predicted octanol–water partition coefficient (Wildman–Crippen LogP) is 5.47. The normalized spacial score (nSPS) is 11.3. The average molecular weight is 451 g/mol. The molecule has 1 amide bonds. The molecule has 0 bridgehead atoms. The molecule has 2 N–H and O–H groups in total. The number of anilines is 1. The molecule has 7 heteroatoms. The molecular formula is C26H30N2O5. The van der Waals surface area contributed by atoms with Gasteiger partial charge in [0.15, 0.2) is 0 Å². The lowest BCUT2D eigenvalue weighted by Gasteiger charge is -2.18. The lowest BCUT2D eigenvalue weighted by atomic mass is 10.1. The molecule has 0 aliphatic carbocycles. The Kier molecular flexibility index (Phi) is 8.98. The first kappa shape index (κ1) is 25.4. The van der Waals surface area contributed by atoms with Crippen molar-refractivity contribution >= 4 is 17.7 Å². The molecule has 0 aliphatic rings. The zero-order valence-corrected chi connectivity index (χ0v) is 18.2. The van der Waals surface area contributed by atoms with Gasteiger partial charge in [0.2, 0.25) is 0 Å². The van der Waals surface area contributed by atoms with Crippen LogP contribution in [0.4, 0.5) is 5.82 Å². The van der Waals surface area contributed by atoms with Crippen LogP contribution in [-0.2, 0) is 6.42 Å². The molecule has 0 fully saturated rings. The maximum atomic E-state index is 12.8. The van der Waals surface area contributed by atoms with E-state index in [0.717, 1.165) is 12.0 Å². The van der Waals surface area contributed by atoms with Gasteiger partial charge in [0, 0.05) is 24.2 Å². The largest absolute Gasteiger partial charge is 0.491 e. The molecule has 174 valence electrons. The first-order chi connectivity index (χ1) is 15.3. The zero-order chi connectivity index (χ0) is 23.1. The van der Waals surface area contributed by atoms with Gasteiger partial charge in [-0.05, 0) is 50.6 Å². The molecule has 1 aromatic heterocycles. The number of aromatic nitrogens is 1. The van der Waals surface area contributed by atoms with Crippen LogP contribution in [0.2, 0.25) is 0 Å². The summed E-state index contributed by atoms with van der Waals surface area (Å²) in [6, 6.07) is 17.9. The highest BCUT2D eigenvalue weighted by Gasteiger charge is 2.14. The fraction of sp³-hybridized carbons (Fsp3) is 0.269. The third-order valence-corrected chi connectivity index (χ3v) is 4.47. The van der Waals surface area contributed by atoms with Gasteiger partial charge in [0.05, 0.1) is 17.8 Å². The van der Waals surface area contributed by atoms with Gasteiger partial charge in [-0.25, -0.2) is 9.78 Å². The second-order valence-electron chi connectivity index (χ2n) is 7.67. The van der Waals surface area contributed by atoms with E-state index in [1.54, 1.807) is 18.2 Å². The Hall–Kier alpha value is -3.87. The number of carbonyl (C=O) groups excluding carboxylic acids is 1. The number of rotatable bonds is 9. The number of hydrogen-bond acceptors (Lipinski definition) is 5. The number of hydrogen-bond donors (Lipinski definition) is 2. The molecule has 0 saturated carbocycles. The molecular weight excluding hydrogens is 420 g/mol. The number of nitrogens with zero attached hydrogens (tertiary/aromatic N) is 1. The molecule has 33 heavy (non-hydrogen) atoms. The van der Waals surface area contributed by atoms with Crippen LogP contribution in [0.3, 0.4) is 0 Å². The van der Waals surface area contributed by atoms with Crippen molar-refractivity contribution in [3.63, 3.8) is 0 Å². The Labute approximate surface area is 194 Å². The first-order valence-corrected chi connectivity index (χ1v) is 10.3. The number of carbonyl (C=O) groups is 2. The standard InChI is InChI=1S/C25H26N2O5.CH4/c1-16(2)31-21-12-20(24(28)27-23-10-9-19(15-26-23)25(29)30)13-22(14-21)32-17(3)11-18-7-5-4-6-8-18;/h4-10,12-17H,11H2,1-3H3,(H,29,30)(H,26,27,28);1H4/t17-;/m0./s1. The molecule has 7 nitrogen and oxygen atoms in total. The third kappa shape index (κ3) is 7.64. The van der Waals surface area contributed by atoms with Crippen molar-refractivity contribution < 1.29 is 24.2 Å². The zero-order valence-electron chi connectivity index (χ0n) is 18.2. The molecule has 1 heterocycles. The molecule has 2 aromatic carbocycles. The Morgan fingerprint density at radius 2 is 1.61 bits per heavy atom. The van der Waals surface area contributed by atoms with Crippen LogP contribution in [0.15, 0.2) is 66.9 Å². The summed E-state index contributed by atoms with van der Waals surface area (Å²) in [5.41, 5.74) is 1.54. The fourth-order valence-corrected chi connectivity index (χ4v) is 3.11. The van der Waals surface area contributed by atoms with Crippen LogP contribution < -0.4 is 14.8 Å². The summed E-state index contributed by atoms with van der Waals surface area (Å²) in [7, 11) is 0. The average Bonchev–Trinajstić information content (AvgIpc) is 2.74. The van der Waals surface area contributed by atoms with Gasteiger partial charge in [-0.1, -0.05) is 37.8 Å². The summed E-state index contributed by atoms with van der Waals surface area (Å²) in [5, 5.41) is 11.6. The summed E-state index contributed by atoms with van der Waals surface area (Å²) in [5.74, 6) is -0.208. The van der Waals surface area contributed by atoms with E-state index >= 15 is 0 Å². The van der Waals surface area contributed by atoms with Crippen molar-refractivity contribution in [1.82, 2.24) is 4.98 Å². The highest BCUT2D eigenvalue weighted by Crippen LogP contribution is 2.26. The van der Waals surface area contributed by atoms with E-state index in [4.69, 9.17) is 14.6 Å². The molecule has 0 saturated heterocycles. The highest BCUT2D eigenvalue weighted by molar-refractivity contribution is 6.04. The number of pyridine rings is 1. The SMILES string of the molecule is C.CC(C)Oc1cc(O[C@@H](C)Cc2ccccc2)cc(C(=O)Nc2ccc(C(=O)O)cn2)c1. The third-order valence-electron chi connectivity index (χ3n) is 4.47. The summed E-state index contributed by atoms with van der Waals surface area (Å²) < 4.78 is 11.9. The first-order valence-electron chi connectivity index (χ1n) is 10.3. The van der Waals surface area contributed by atoms with E-state index < -0.39 is 11.9 Å². The number of ether oxygens (including phenoxy) is 2. The second kappa shape index (κ2) is 11.7. The Morgan fingerprint density at radius 1 is 0.939 bits per heavy atom. The van der Waals surface area contributed by atoms with E-state index in [0.29, 0.717) is 17.1 Å². The number of carboxylic acid groups (broad SMARTS) is 1. The number of benzene rings is 2. The Balaban J connectivity index is 0.00000385. The number of carboxylic acids is 1. The number of aromatic carboxylic acids is 1. The van der Waals surface area contributed by atoms with Crippen LogP contribution in [0.25, 0.3) is 0 Å². The van der Waals surface area contributed by atoms with Crippen molar-refractivity contribution in [2.45, 2.75) is 46.8 Å². The molecule has 3 aromatic rings. The van der Waals surface area contributed by atoms with Crippen molar-refractivity contribution in [3.8, 4) is 11.5 Å². The van der Waals surface area contributed by atoms with E-state index in [9.17, 15) is 9.59 Å². The molecule has 0 spiro atoms. The van der Waals surface area contributed by atoms with Crippen molar-refractivity contribution in [3.05, 3.63) is 83.6 Å². The molecule has 0 unspecified atom stereocenters. The van der Waals surface area contributed by atoms with Gasteiger partial charge in [0.25, 0.3) is 5.91 Å². The monoisotopic (exact) mass is 450 g/mol. The van der Waals surface area contributed by atoms with Crippen molar-refractivity contribution in [2.75, 3.05) is 5.32 Å². The van der Waals surface area contributed by atoms with Crippen LogP contribution >= 0.6 is 0 Å². The van der Waals surface area contributed by atoms with Gasteiger partial charge in [-0.2, -0.15) is 0 Å². The smallest absolute Gasteiger partial charge is 0.337 e. The van der Waals surface area contributed by atoms with Crippen LogP contribution in [0.5, 0.6) is 11.5 Å². The second-order valence-corrected chi connectivity index (χ2v) is 7.67. The van der Waals surface area contributed by atoms with Gasteiger partial charge >= 0.3 is 5.97 Å². The maximum absolute atomic E-state index is 12.8. The van der Waals surface area contributed by atoms with Crippen LogP contribution in [0.1, 0.15) is 54.5 Å². The summed E-state index contributed by atoms with van der Waals surface area (Å²) in [6.07, 6.45) is 1.72. The lowest BCUT2D eigenvalue weighted by Crippen LogP contribution is -2.17. The molecule has 1 atom stereocenters. The van der Waals surface area contributed by atoms with E-state index in [-0.39, 0.29) is 31.0 Å². The summed E-state index contributed by atoms with van der Waals surface area (Å²) in [6.45, 7) is 5.77. The highest BCUT2D eigenvalue weighted by atomic mass is 16.5. The quantitative estimate of drug-likeness (QED) is 0.449. The lowest BCUT2D eigenvalue weighted by molar-refractivity contribution is 0.0696. The topological polar surface area (TPSA) is 97.8 Å². The minimum atomic E-state index is -1.08. The van der Waals surface area contributed by atoms with Gasteiger partial charge in [0.1, 0.15) is 17.3 Å². The van der Waals surface area contributed by atoms with Gasteiger partial charge < -0.3 is 19.9 Å².